The zero-order chi connectivity index (χ0) is 18.2. The lowest BCUT2D eigenvalue weighted by Gasteiger charge is -2.26. The van der Waals surface area contributed by atoms with Crippen LogP contribution in [0.1, 0.15) is 20.8 Å². The van der Waals surface area contributed by atoms with E-state index in [9.17, 15) is 9.59 Å². The third-order valence-corrected chi connectivity index (χ3v) is 3.82. The summed E-state index contributed by atoms with van der Waals surface area (Å²) in [5, 5.41) is 0. The van der Waals surface area contributed by atoms with Crippen LogP contribution in [-0.4, -0.2) is 31.5 Å². The Hall–Kier alpha value is -2.82. The van der Waals surface area contributed by atoms with Gasteiger partial charge in [-0.1, -0.05) is 18.2 Å². The van der Waals surface area contributed by atoms with Crippen LogP contribution >= 0.6 is 0 Å². The topological polar surface area (TPSA) is 49.9 Å². The van der Waals surface area contributed by atoms with Crippen LogP contribution < -0.4 is 14.5 Å². The molecule has 2 rings (SSSR count). The Morgan fingerprint density at radius 1 is 0.880 bits per heavy atom. The molecule has 0 fully saturated rings. The van der Waals surface area contributed by atoms with E-state index >= 15 is 0 Å². The Kier molecular flexibility index (Phi) is 6.57. The number of carbonyl (C=O) groups excluding carboxylic acids is 2. The Labute approximate surface area is 148 Å². The summed E-state index contributed by atoms with van der Waals surface area (Å²) in [7, 11) is 0. The van der Waals surface area contributed by atoms with E-state index in [4.69, 9.17) is 4.74 Å². The van der Waals surface area contributed by atoms with E-state index < -0.39 is 0 Å². The van der Waals surface area contributed by atoms with E-state index in [1.54, 1.807) is 29.2 Å². The maximum atomic E-state index is 12.7. The van der Waals surface area contributed by atoms with Gasteiger partial charge in [0.1, 0.15) is 12.3 Å². The molecule has 2 aromatic carbocycles. The first-order chi connectivity index (χ1) is 12.1. The van der Waals surface area contributed by atoms with Gasteiger partial charge in [-0.05, 0) is 50.2 Å². The molecule has 0 N–H and O–H groups in total. The highest BCUT2D eigenvalue weighted by Crippen LogP contribution is 2.21. The molecule has 2 amide bonds. The highest BCUT2D eigenvalue weighted by Gasteiger charge is 2.20. The third-order valence-electron chi connectivity index (χ3n) is 3.82. The molecule has 0 radical (unpaired) electrons. The van der Waals surface area contributed by atoms with Crippen molar-refractivity contribution in [2.24, 2.45) is 0 Å². The van der Waals surface area contributed by atoms with Crippen LogP contribution in [0.2, 0.25) is 0 Å². The Balaban J connectivity index is 2.17. The fraction of sp³-hybridized carbons (Fsp3) is 0.300. The number of nitrogens with zero attached hydrogens (tertiary/aromatic N) is 2. The van der Waals surface area contributed by atoms with Crippen molar-refractivity contribution in [1.29, 1.82) is 0 Å². The van der Waals surface area contributed by atoms with Gasteiger partial charge in [0.25, 0.3) is 0 Å². The van der Waals surface area contributed by atoms with Gasteiger partial charge in [-0.25, -0.2) is 0 Å². The van der Waals surface area contributed by atoms with Crippen molar-refractivity contribution in [2.75, 3.05) is 29.5 Å². The summed E-state index contributed by atoms with van der Waals surface area (Å²) in [5.74, 6) is 0.431. The standard InChI is InChI=1S/C20H24N2O3/c1-4-21(17-9-7-6-8-10-17)20(24)15-22(16(3)23)18-11-13-19(14-12-18)25-5-2/h6-14H,4-5,15H2,1-3H3. The lowest BCUT2D eigenvalue weighted by molar-refractivity contribution is -0.121. The molecule has 132 valence electrons. The maximum Gasteiger partial charge on any atom is 0.247 e. The highest BCUT2D eigenvalue weighted by atomic mass is 16.5. The number of carbonyl (C=O) groups is 2. The van der Waals surface area contributed by atoms with Crippen molar-refractivity contribution in [1.82, 2.24) is 0 Å². The summed E-state index contributed by atoms with van der Waals surface area (Å²) in [5.41, 5.74) is 1.50. The van der Waals surface area contributed by atoms with Gasteiger partial charge in [-0.3, -0.25) is 9.59 Å². The van der Waals surface area contributed by atoms with E-state index in [0.717, 1.165) is 11.4 Å². The minimum atomic E-state index is -0.179. The zero-order valence-corrected chi connectivity index (χ0v) is 14.9. The summed E-state index contributed by atoms with van der Waals surface area (Å²) in [6, 6.07) is 16.6. The van der Waals surface area contributed by atoms with Crippen LogP contribution in [0.4, 0.5) is 11.4 Å². The highest BCUT2D eigenvalue weighted by molar-refractivity contribution is 6.02. The first-order valence-electron chi connectivity index (χ1n) is 8.43. The molecule has 0 unspecified atom stereocenters. The third kappa shape index (κ3) is 4.83. The van der Waals surface area contributed by atoms with E-state index in [0.29, 0.717) is 18.8 Å². The normalized spacial score (nSPS) is 10.2. The first-order valence-corrected chi connectivity index (χ1v) is 8.43. The summed E-state index contributed by atoms with van der Waals surface area (Å²) in [6.45, 7) is 6.40. The molecule has 0 bridgehead atoms. The lowest BCUT2D eigenvalue weighted by Crippen LogP contribution is -2.42. The van der Waals surface area contributed by atoms with Gasteiger partial charge < -0.3 is 14.5 Å². The van der Waals surface area contributed by atoms with E-state index in [1.165, 1.54) is 11.8 Å². The predicted molar refractivity (Wildman–Crippen MR) is 100 cm³/mol. The van der Waals surface area contributed by atoms with Gasteiger partial charge >= 0.3 is 0 Å². The maximum absolute atomic E-state index is 12.7. The van der Waals surface area contributed by atoms with E-state index in [-0.39, 0.29) is 18.4 Å². The fourth-order valence-electron chi connectivity index (χ4n) is 2.60. The molecule has 0 aliphatic heterocycles. The number of amides is 2. The summed E-state index contributed by atoms with van der Waals surface area (Å²) >= 11 is 0. The number of likely N-dealkylation sites (N-methyl/N-ethyl adjacent to an activating group) is 1. The molecule has 5 heteroatoms. The monoisotopic (exact) mass is 340 g/mol. The Morgan fingerprint density at radius 3 is 2.00 bits per heavy atom. The second kappa shape index (κ2) is 8.87. The molecular formula is C20H24N2O3. The fourth-order valence-corrected chi connectivity index (χ4v) is 2.60. The lowest BCUT2D eigenvalue weighted by atomic mass is 10.2. The Morgan fingerprint density at radius 2 is 1.48 bits per heavy atom. The molecule has 0 aliphatic carbocycles. The van der Waals surface area contributed by atoms with Crippen molar-refractivity contribution in [3.8, 4) is 5.75 Å². The van der Waals surface area contributed by atoms with Gasteiger partial charge in [0.05, 0.1) is 6.61 Å². The van der Waals surface area contributed by atoms with Crippen molar-refractivity contribution in [3.63, 3.8) is 0 Å². The molecule has 0 aliphatic rings. The smallest absolute Gasteiger partial charge is 0.247 e. The van der Waals surface area contributed by atoms with Gasteiger partial charge in [0, 0.05) is 24.8 Å². The van der Waals surface area contributed by atoms with Crippen molar-refractivity contribution in [2.45, 2.75) is 20.8 Å². The van der Waals surface area contributed by atoms with Gasteiger partial charge in [0.15, 0.2) is 0 Å². The minimum Gasteiger partial charge on any atom is -0.494 e. The van der Waals surface area contributed by atoms with Crippen molar-refractivity contribution < 1.29 is 14.3 Å². The van der Waals surface area contributed by atoms with Crippen LogP contribution in [0, 0.1) is 0 Å². The predicted octanol–water partition coefficient (Wildman–Crippen LogP) is 3.49. The number of ether oxygens (including phenoxy) is 1. The quantitative estimate of drug-likeness (QED) is 0.775. The van der Waals surface area contributed by atoms with E-state index in [1.807, 2.05) is 44.2 Å². The summed E-state index contributed by atoms with van der Waals surface area (Å²) in [6.07, 6.45) is 0. The number of benzene rings is 2. The number of para-hydroxylation sites is 1. The molecule has 5 nitrogen and oxygen atoms in total. The second-order valence-electron chi connectivity index (χ2n) is 5.51. The number of anilines is 2. The number of hydrogen-bond donors (Lipinski definition) is 0. The molecule has 0 saturated carbocycles. The van der Waals surface area contributed by atoms with Crippen molar-refractivity contribution in [3.05, 3.63) is 54.6 Å². The SMILES string of the molecule is CCOc1ccc(N(CC(=O)N(CC)c2ccccc2)C(C)=O)cc1. The average molecular weight is 340 g/mol. The molecule has 0 atom stereocenters. The molecule has 0 spiro atoms. The average Bonchev–Trinajstić information content (AvgIpc) is 2.62. The van der Waals surface area contributed by atoms with Crippen LogP contribution in [0.3, 0.4) is 0 Å². The molecule has 25 heavy (non-hydrogen) atoms. The Bertz CT molecular complexity index is 699. The summed E-state index contributed by atoms with van der Waals surface area (Å²) < 4.78 is 5.42. The first kappa shape index (κ1) is 18.5. The largest absolute Gasteiger partial charge is 0.494 e. The van der Waals surface area contributed by atoms with Crippen LogP contribution in [0.5, 0.6) is 5.75 Å². The number of rotatable bonds is 7. The van der Waals surface area contributed by atoms with Gasteiger partial charge in [-0.15, -0.1) is 0 Å². The zero-order valence-electron chi connectivity index (χ0n) is 14.9. The minimum absolute atomic E-state index is 0.00789. The van der Waals surface area contributed by atoms with Crippen LogP contribution in [0.15, 0.2) is 54.6 Å². The second-order valence-corrected chi connectivity index (χ2v) is 5.51. The molecular weight excluding hydrogens is 316 g/mol. The van der Waals surface area contributed by atoms with Crippen LogP contribution in [0.25, 0.3) is 0 Å². The summed E-state index contributed by atoms with van der Waals surface area (Å²) in [4.78, 5) is 27.9. The van der Waals surface area contributed by atoms with Gasteiger partial charge in [-0.2, -0.15) is 0 Å². The molecule has 0 heterocycles. The molecule has 0 saturated heterocycles. The van der Waals surface area contributed by atoms with Gasteiger partial charge in [0.2, 0.25) is 11.8 Å². The van der Waals surface area contributed by atoms with E-state index in [2.05, 4.69) is 0 Å². The van der Waals surface area contributed by atoms with Crippen LogP contribution in [-0.2, 0) is 9.59 Å². The molecule has 0 aromatic heterocycles. The van der Waals surface area contributed by atoms with Crippen molar-refractivity contribution >= 4 is 23.2 Å². The molecule has 2 aromatic rings. The number of hydrogen-bond acceptors (Lipinski definition) is 3.